The number of urea groups is 1. The second-order valence-electron chi connectivity index (χ2n) is 4.53. The predicted molar refractivity (Wildman–Crippen MR) is 69.8 cm³/mol. The van der Waals surface area contributed by atoms with Crippen LogP contribution in [0.5, 0.6) is 0 Å². The fourth-order valence-corrected chi connectivity index (χ4v) is 2.33. The van der Waals surface area contributed by atoms with Crippen molar-refractivity contribution < 1.29 is 9.59 Å². The first kappa shape index (κ1) is 12.9. The monoisotopic (exact) mass is 266 g/mol. The van der Waals surface area contributed by atoms with E-state index in [4.69, 9.17) is 11.6 Å². The number of rotatable bonds is 3. The molecule has 1 spiro atoms. The quantitative estimate of drug-likeness (QED) is 0.631. The highest BCUT2D eigenvalue weighted by atomic mass is 35.5. The maximum atomic E-state index is 12.2. The number of amides is 3. The topological polar surface area (TPSA) is 49.4 Å². The van der Waals surface area contributed by atoms with Crippen molar-refractivity contribution in [3.05, 3.63) is 35.5 Å². The highest BCUT2D eigenvalue weighted by molar-refractivity contribution is 6.32. The Hall–Kier alpha value is -1.55. The Balaban J connectivity index is 2.28. The van der Waals surface area contributed by atoms with Crippen molar-refractivity contribution in [2.45, 2.75) is 31.7 Å². The summed E-state index contributed by atoms with van der Waals surface area (Å²) in [4.78, 5) is 25.2. The van der Waals surface area contributed by atoms with Gasteiger partial charge < -0.3 is 5.32 Å². The van der Waals surface area contributed by atoms with Crippen LogP contribution in [0.4, 0.5) is 4.79 Å². The molecule has 4 nitrogen and oxygen atoms in total. The third kappa shape index (κ3) is 1.86. The molecule has 0 radical (unpaired) electrons. The lowest BCUT2D eigenvalue weighted by Gasteiger charge is -2.34. The molecule has 1 saturated heterocycles. The van der Waals surface area contributed by atoms with Gasteiger partial charge in [-0.15, -0.1) is 0 Å². The van der Waals surface area contributed by atoms with Gasteiger partial charge in [0, 0.05) is 5.70 Å². The molecule has 0 aromatic rings. The van der Waals surface area contributed by atoms with Crippen molar-refractivity contribution in [3.8, 4) is 0 Å². The van der Waals surface area contributed by atoms with Crippen LogP contribution >= 0.6 is 11.6 Å². The molecule has 1 aliphatic heterocycles. The van der Waals surface area contributed by atoms with Gasteiger partial charge in [0.1, 0.15) is 5.54 Å². The van der Waals surface area contributed by atoms with Crippen molar-refractivity contribution in [3.63, 3.8) is 0 Å². The van der Waals surface area contributed by atoms with Crippen molar-refractivity contribution in [2.24, 2.45) is 0 Å². The number of allylic oxidation sites excluding steroid dienone is 5. The van der Waals surface area contributed by atoms with Crippen molar-refractivity contribution in [2.75, 3.05) is 0 Å². The highest BCUT2D eigenvalue weighted by Gasteiger charge is 2.55. The van der Waals surface area contributed by atoms with Crippen LogP contribution in [0.2, 0.25) is 0 Å². The minimum Gasteiger partial charge on any atom is -0.323 e. The molecule has 1 saturated carbocycles. The third-order valence-corrected chi connectivity index (χ3v) is 3.83. The van der Waals surface area contributed by atoms with Crippen molar-refractivity contribution in [1.29, 1.82) is 0 Å². The van der Waals surface area contributed by atoms with Crippen LogP contribution in [0.25, 0.3) is 0 Å². The number of imide groups is 1. The van der Waals surface area contributed by atoms with Gasteiger partial charge in [0.2, 0.25) is 0 Å². The largest absolute Gasteiger partial charge is 0.329 e. The molecule has 3 amide bonds. The van der Waals surface area contributed by atoms with Crippen LogP contribution in [0.3, 0.4) is 0 Å². The summed E-state index contributed by atoms with van der Waals surface area (Å²) in [6, 6.07) is -0.387. The first-order chi connectivity index (χ1) is 8.52. The Kier molecular flexibility index (Phi) is 3.30. The van der Waals surface area contributed by atoms with E-state index in [0.29, 0.717) is 23.6 Å². The van der Waals surface area contributed by atoms with Crippen LogP contribution < -0.4 is 5.32 Å². The van der Waals surface area contributed by atoms with Gasteiger partial charge in [-0.05, 0) is 32.3 Å². The minimum atomic E-state index is -0.669. The van der Waals surface area contributed by atoms with E-state index in [2.05, 4.69) is 11.9 Å². The van der Waals surface area contributed by atoms with Crippen molar-refractivity contribution in [1.82, 2.24) is 10.2 Å². The molecule has 5 heteroatoms. The highest BCUT2D eigenvalue weighted by Crippen LogP contribution is 2.38. The molecule has 0 aromatic carbocycles. The average molecular weight is 267 g/mol. The number of nitrogens with zero attached hydrogens (tertiary/aromatic N) is 1. The number of halogens is 1. The van der Waals surface area contributed by atoms with Crippen LogP contribution in [-0.4, -0.2) is 22.4 Å². The van der Waals surface area contributed by atoms with Gasteiger partial charge in [-0.1, -0.05) is 30.3 Å². The molecular formula is C13H15ClN2O2. The SMILES string of the molecule is C=C/C=C\C(Cl)=C(/C)N1C(=O)NC2(CCC2)C1=O. The molecule has 0 bridgehead atoms. The van der Waals surface area contributed by atoms with Crippen LogP contribution in [0.15, 0.2) is 35.5 Å². The Morgan fingerprint density at radius 2 is 2.17 bits per heavy atom. The first-order valence-electron chi connectivity index (χ1n) is 5.84. The van der Waals surface area contributed by atoms with Crippen LogP contribution in [-0.2, 0) is 4.79 Å². The molecule has 1 aliphatic carbocycles. The second kappa shape index (κ2) is 4.61. The van der Waals surface area contributed by atoms with Crippen molar-refractivity contribution >= 4 is 23.5 Å². The summed E-state index contributed by atoms with van der Waals surface area (Å²) in [7, 11) is 0. The molecule has 18 heavy (non-hydrogen) atoms. The molecule has 0 aromatic heterocycles. The molecule has 2 fully saturated rings. The Bertz CT molecular complexity index is 475. The Morgan fingerprint density at radius 3 is 2.61 bits per heavy atom. The van der Waals surface area contributed by atoms with E-state index in [0.717, 1.165) is 11.3 Å². The number of nitrogens with one attached hydrogen (secondary N) is 1. The normalized spacial score (nSPS) is 23.1. The van der Waals surface area contributed by atoms with E-state index in [1.807, 2.05) is 0 Å². The third-order valence-electron chi connectivity index (χ3n) is 3.43. The van der Waals surface area contributed by atoms with Gasteiger partial charge in [-0.25, -0.2) is 9.69 Å². The zero-order valence-corrected chi connectivity index (χ0v) is 11.0. The van der Waals surface area contributed by atoms with Gasteiger partial charge in [0.05, 0.1) is 5.03 Å². The number of hydrogen-bond donors (Lipinski definition) is 1. The number of carbonyl (C=O) groups is 2. The van der Waals surface area contributed by atoms with Gasteiger partial charge in [0.25, 0.3) is 5.91 Å². The lowest BCUT2D eigenvalue weighted by atomic mass is 9.77. The predicted octanol–water partition coefficient (Wildman–Crippen LogP) is 2.67. The molecule has 1 heterocycles. The Morgan fingerprint density at radius 1 is 1.50 bits per heavy atom. The van der Waals surface area contributed by atoms with E-state index in [1.165, 1.54) is 0 Å². The molecule has 96 valence electrons. The molecule has 0 unspecified atom stereocenters. The second-order valence-corrected chi connectivity index (χ2v) is 4.94. The smallest absolute Gasteiger partial charge is 0.323 e. The summed E-state index contributed by atoms with van der Waals surface area (Å²) in [6.07, 6.45) is 7.23. The maximum absolute atomic E-state index is 12.2. The Labute approximate surface area is 111 Å². The summed E-state index contributed by atoms with van der Waals surface area (Å²) in [6.45, 7) is 5.19. The zero-order valence-electron chi connectivity index (χ0n) is 10.2. The lowest BCUT2D eigenvalue weighted by Crippen LogP contribution is -2.52. The molecule has 1 N–H and O–H groups in total. The summed E-state index contributed by atoms with van der Waals surface area (Å²) < 4.78 is 0. The summed E-state index contributed by atoms with van der Waals surface area (Å²) in [5.41, 5.74) is -0.224. The van der Waals surface area contributed by atoms with E-state index < -0.39 is 5.54 Å². The van der Waals surface area contributed by atoms with Crippen LogP contribution in [0, 0.1) is 0 Å². The number of carbonyl (C=O) groups excluding carboxylic acids is 2. The average Bonchev–Trinajstić information content (AvgIpc) is 2.56. The fraction of sp³-hybridized carbons (Fsp3) is 0.385. The van der Waals surface area contributed by atoms with E-state index in [1.54, 1.807) is 25.2 Å². The van der Waals surface area contributed by atoms with E-state index in [9.17, 15) is 9.59 Å². The molecule has 0 atom stereocenters. The zero-order chi connectivity index (χ0) is 13.3. The summed E-state index contributed by atoms with van der Waals surface area (Å²) in [5.74, 6) is -0.193. The molecular weight excluding hydrogens is 252 g/mol. The summed E-state index contributed by atoms with van der Waals surface area (Å²) >= 11 is 6.05. The van der Waals surface area contributed by atoms with Gasteiger partial charge in [-0.2, -0.15) is 0 Å². The minimum absolute atomic E-state index is 0.193. The van der Waals surface area contributed by atoms with E-state index in [-0.39, 0.29) is 11.9 Å². The lowest BCUT2D eigenvalue weighted by molar-refractivity contribution is -0.132. The van der Waals surface area contributed by atoms with Crippen LogP contribution in [0.1, 0.15) is 26.2 Å². The number of hydrogen-bond acceptors (Lipinski definition) is 2. The van der Waals surface area contributed by atoms with Gasteiger partial charge >= 0.3 is 6.03 Å². The molecule has 2 aliphatic rings. The first-order valence-corrected chi connectivity index (χ1v) is 6.22. The standard InChI is InChI=1S/C13H15ClN2O2/c1-3-4-6-10(14)9(2)16-11(17)13(7-5-8-13)15-12(16)18/h3-4,6H,1,5,7-8H2,2H3,(H,15,18)/b6-4-,10-9-. The molecule has 2 rings (SSSR count). The van der Waals surface area contributed by atoms with E-state index >= 15 is 0 Å². The fourth-order valence-electron chi connectivity index (χ4n) is 2.17. The van der Waals surface area contributed by atoms with Gasteiger partial charge in [-0.3, -0.25) is 4.79 Å². The maximum Gasteiger partial charge on any atom is 0.329 e. The summed E-state index contributed by atoms with van der Waals surface area (Å²) in [5, 5.41) is 3.12. The van der Waals surface area contributed by atoms with Gasteiger partial charge in [0.15, 0.2) is 0 Å².